The molecule has 3 nitrogen and oxygen atoms in total. The molecule has 1 rings (SSSR count). The van der Waals surface area contributed by atoms with Crippen LogP contribution in [0.25, 0.3) is 0 Å². The van der Waals surface area contributed by atoms with Gasteiger partial charge in [-0.15, -0.1) is 0 Å². The molecule has 0 fully saturated rings. The molecular weight excluding hydrogens is 208 g/mol. The third-order valence-corrected chi connectivity index (χ3v) is 2.55. The summed E-state index contributed by atoms with van der Waals surface area (Å²) in [5.74, 6) is 0.483. The molecule has 0 N–H and O–H groups in total. The smallest absolute Gasteiger partial charge is 0.337 e. The topological polar surface area (TPSA) is 35.5 Å². The van der Waals surface area contributed by atoms with Gasteiger partial charge in [-0.2, -0.15) is 0 Å². The number of ether oxygens (including phenoxy) is 1. The highest BCUT2D eigenvalue weighted by Crippen LogP contribution is 2.17. The summed E-state index contributed by atoms with van der Waals surface area (Å²) in [5, 5.41) is 0. The first kappa shape index (κ1) is 11.8. The van der Waals surface area contributed by atoms with Crippen LogP contribution in [0.5, 0.6) is 5.75 Å². The van der Waals surface area contributed by atoms with E-state index in [4.69, 9.17) is 4.43 Å². The number of carbonyl (C=O) groups is 1. The zero-order valence-electron chi connectivity index (χ0n) is 9.53. The Bertz CT molecular complexity index is 338. The van der Waals surface area contributed by atoms with Gasteiger partial charge in [-0.1, -0.05) is 0 Å². The van der Waals surface area contributed by atoms with Crippen molar-refractivity contribution in [2.24, 2.45) is 0 Å². The molecule has 82 valence electrons. The zero-order valence-corrected chi connectivity index (χ0v) is 10.5. The molecule has 0 bridgehead atoms. The average molecular weight is 224 g/mol. The molecule has 0 radical (unpaired) electrons. The summed E-state index contributed by atoms with van der Waals surface area (Å²) in [7, 11) is -0.197. The number of rotatable bonds is 3. The van der Waals surface area contributed by atoms with Crippen LogP contribution in [0.15, 0.2) is 24.3 Å². The predicted molar refractivity (Wildman–Crippen MR) is 61.8 cm³/mol. The molecule has 0 saturated carbocycles. The van der Waals surface area contributed by atoms with E-state index < -0.39 is 8.32 Å². The van der Waals surface area contributed by atoms with Gasteiger partial charge in [0.1, 0.15) is 5.75 Å². The lowest BCUT2D eigenvalue weighted by Gasteiger charge is -2.18. The summed E-state index contributed by atoms with van der Waals surface area (Å²) in [6.07, 6.45) is 0. The van der Waals surface area contributed by atoms with E-state index in [1.165, 1.54) is 7.11 Å². The van der Waals surface area contributed by atoms with E-state index in [0.717, 1.165) is 5.75 Å². The van der Waals surface area contributed by atoms with Crippen molar-refractivity contribution in [1.29, 1.82) is 0 Å². The molecule has 4 heteroatoms. The van der Waals surface area contributed by atoms with Crippen LogP contribution in [0.3, 0.4) is 0 Å². The highest BCUT2D eigenvalue weighted by atomic mass is 28.4. The van der Waals surface area contributed by atoms with E-state index in [1.807, 2.05) is 0 Å². The fraction of sp³-hybridized carbons (Fsp3) is 0.364. The van der Waals surface area contributed by atoms with Gasteiger partial charge >= 0.3 is 5.97 Å². The third kappa shape index (κ3) is 3.75. The van der Waals surface area contributed by atoms with E-state index in [2.05, 4.69) is 24.4 Å². The lowest BCUT2D eigenvalue weighted by molar-refractivity contribution is 0.0601. The molecular formula is C11H16O3Si. The van der Waals surface area contributed by atoms with Gasteiger partial charge in [-0.25, -0.2) is 4.79 Å². The van der Waals surface area contributed by atoms with Crippen LogP contribution in [0.4, 0.5) is 0 Å². The van der Waals surface area contributed by atoms with E-state index >= 15 is 0 Å². The van der Waals surface area contributed by atoms with Gasteiger partial charge < -0.3 is 9.16 Å². The molecule has 0 amide bonds. The molecule has 1 aromatic carbocycles. The summed E-state index contributed by atoms with van der Waals surface area (Å²) in [6.45, 7) is 6.34. The van der Waals surface area contributed by atoms with Crippen LogP contribution in [0, 0.1) is 0 Å². The molecule has 0 aliphatic heterocycles. The molecule has 15 heavy (non-hydrogen) atoms. The van der Waals surface area contributed by atoms with Crippen LogP contribution >= 0.6 is 0 Å². The monoisotopic (exact) mass is 224 g/mol. The maximum absolute atomic E-state index is 11.2. The summed E-state index contributed by atoms with van der Waals surface area (Å²) in [4.78, 5) is 11.2. The molecule has 0 aromatic heterocycles. The number of methoxy groups -OCH3 is 1. The lowest BCUT2D eigenvalue weighted by Crippen LogP contribution is -2.29. The fourth-order valence-corrected chi connectivity index (χ4v) is 1.97. The van der Waals surface area contributed by atoms with Crippen LogP contribution in [0.2, 0.25) is 19.6 Å². The van der Waals surface area contributed by atoms with Crippen molar-refractivity contribution in [1.82, 2.24) is 0 Å². The number of hydrogen-bond acceptors (Lipinski definition) is 3. The zero-order chi connectivity index (χ0) is 11.5. The van der Waals surface area contributed by atoms with E-state index in [-0.39, 0.29) is 5.97 Å². The molecule has 0 saturated heterocycles. The Morgan fingerprint density at radius 1 is 1.13 bits per heavy atom. The lowest BCUT2D eigenvalue weighted by atomic mass is 10.2. The summed E-state index contributed by atoms with van der Waals surface area (Å²) in [5.41, 5.74) is 0.542. The highest BCUT2D eigenvalue weighted by Gasteiger charge is 2.16. The highest BCUT2D eigenvalue weighted by molar-refractivity contribution is 6.70. The van der Waals surface area contributed by atoms with Crippen molar-refractivity contribution in [2.75, 3.05) is 7.11 Å². The average Bonchev–Trinajstić information content (AvgIpc) is 2.15. The van der Waals surface area contributed by atoms with Crippen LogP contribution in [0.1, 0.15) is 10.4 Å². The largest absolute Gasteiger partial charge is 0.544 e. The summed E-state index contributed by atoms with van der Waals surface area (Å²) >= 11 is 0. The van der Waals surface area contributed by atoms with Crippen LogP contribution < -0.4 is 4.43 Å². The van der Waals surface area contributed by atoms with E-state index in [0.29, 0.717) is 5.56 Å². The van der Waals surface area contributed by atoms with Crippen LogP contribution in [-0.4, -0.2) is 21.4 Å². The van der Waals surface area contributed by atoms with E-state index in [1.54, 1.807) is 24.3 Å². The normalized spacial score (nSPS) is 10.9. The maximum Gasteiger partial charge on any atom is 0.337 e. The van der Waals surface area contributed by atoms with Crippen molar-refractivity contribution < 1.29 is 14.0 Å². The number of benzene rings is 1. The van der Waals surface area contributed by atoms with Crippen molar-refractivity contribution in [3.05, 3.63) is 29.8 Å². The first-order valence-electron chi connectivity index (χ1n) is 4.80. The number of esters is 1. The third-order valence-electron chi connectivity index (χ3n) is 1.70. The van der Waals surface area contributed by atoms with Gasteiger partial charge in [0.25, 0.3) is 0 Å². The van der Waals surface area contributed by atoms with Gasteiger partial charge in [0, 0.05) is 0 Å². The maximum atomic E-state index is 11.2. The fourth-order valence-electron chi connectivity index (χ4n) is 1.13. The Kier molecular flexibility index (Phi) is 3.52. The van der Waals surface area contributed by atoms with Crippen LogP contribution in [-0.2, 0) is 4.74 Å². The van der Waals surface area contributed by atoms with E-state index in [9.17, 15) is 4.79 Å². The first-order valence-corrected chi connectivity index (χ1v) is 8.20. The second-order valence-electron chi connectivity index (χ2n) is 4.23. The van der Waals surface area contributed by atoms with Gasteiger partial charge in [-0.3, -0.25) is 0 Å². The minimum absolute atomic E-state index is 0.324. The number of hydrogen-bond donors (Lipinski definition) is 0. The Morgan fingerprint density at radius 3 is 2.07 bits per heavy atom. The summed E-state index contributed by atoms with van der Waals surface area (Å²) in [6, 6.07) is 7.01. The van der Waals surface area contributed by atoms with Gasteiger partial charge in [0.15, 0.2) is 0 Å². The molecule has 0 aliphatic rings. The molecule has 0 atom stereocenters. The van der Waals surface area contributed by atoms with Gasteiger partial charge in [-0.05, 0) is 43.9 Å². The van der Waals surface area contributed by atoms with Crippen molar-refractivity contribution in [3.63, 3.8) is 0 Å². The van der Waals surface area contributed by atoms with Crippen molar-refractivity contribution in [3.8, 4) is 5.75 Å². The Morgan fingerprint density at radius 2 is 1.67 bits per heavy atom. The summed E-state index contributed by atoms with van der Waals surface area (Å²) < 4.78 is 10.4. The second-order valence-corrected chi connectivity index (χ2v) is 8.66. The molecule has 1 aromatic rings. The second kappa shape index (κ2) is 4.48. The molecule has 0 heterocycles. The Hall–Kier alpha value is -1.29. The predicted octanol–water partition coefficient (Wildman–Crippen LogP) is 2.69. The Balaban J connectivity index is 2.77. The van der Waals surface area contributed by atoms with Crippen molar-refractivity contribution in [2.45, 2.75) is 19.6 Å². The minimum atomic E-state index is -1.57. The minimum Gasteiger partial charge on any atom is -0.544 e. The number of carbonyl (C=O) groups excluding carboxylic acids is 1. The quantitative estimate of drug-likeness (QED) is 0.585. The standard InChI is InChI=1S/C11H16O3Si/c1-13-11(12)9-5-7-10(8-6-9)14-15(2,3)4/h5-8H,1-4H3. The SMILES string of the molecule is COC(=O)c1ccc(O[Si](C)(C)C)cc1. The molecule has 0 aliphatic carbocycles. The Labute approximate surface area is 91.1 Å². The van der Waals surface area contributed by atoms with Crippen molar-refractivity contribution >= 4 is 14.3 Å². The van der Waals surface area contributed by atoms with Gasteiger partial charge in [0.2, 0.25) is 8.32 Å². The first-order chi connectivity index (χ1) is 6.92. The van der Waals surface area contributed by atoms with Gasteiger partial charge in [0.05, 0.1) is 12.7 Å². The molecule has 0 spiro atoms. The molecule has 0 unspecified atom stereocenters.